The van der Waals surface area contributed by atoms with Crippen LogP contribution < -0.4 is 0 Å². The van der Waals surface area contributed by atoms with Gasteiger partial charge in [-0.05, 0) is 55.5 Å². The van der Waals surface area contributed by atoms with E-state index in [1.165, 1.54) is 12.1 Å². The molecule has 0 atom stereocenters. The molecule has 0 unspecified atom stereocenters. The van der Waals surface area contributed by atoms with Gasteiger partial charge in [0, 0.05) is 0 Å². The second-order valence-electron chi connectivity index (χ2n) is 5.81. The molecule has 2 aromatic rings. The molecule has 0 aliphatic heterocycles. The average molecular weight is 341 g/mol. The number of benzene rings is 2. The van der Waals surface area contributed by atoms with Crippen molar-refractivity contribution in [1.82, 2.24) is 0 Å². The molecule has 0 spiro atoms. The molecule has 0 radical (unpaired) electrons. The van der Waals surface area contributed by atoms with Gasteiger partial charge in [-0.15, -0.1) is 0 Å². The molecule has 0 bridgehead atoms. The summed E-state index contributed by atoms with van der Waals surface area (Å²) in [5, 5.41) is 3.93. The molecule has 1 fully saturated rings. The summed E-state index contributed by atoms with van der Waals surface area (Å²) in [6.45, 7) is 1.90. The van der Waals surface area contributed by atoms with E-state index in [9.17, 15) is 8.42 Å². The second-order valence-corrected chi connectivity index (χ2v) is 7.34. The minimum Gasteiger partial charge on any atom is -0.265 e. The molecular weight excluding hydrogens is 322 g/mol. The quantitative estimate of drug-likeness (QED) is 0.778. The summed E-state index contributed by atoms with van der Waals surface area (Å²) in [5.74, 6) is 0. The molecule has 1 saturated carbocycles. The van der Waals surface area contributed by atoms with E-state index in [0.29, 0.717) is 5.71 Å². The molecule has 24 heavy (non-hydrogen) atoms. The van der Waals surface area contributed by atoms with E-state index in [2.05, 4.69) is 5.16 Å². The maximum atomic E-state index is 12.2. The van der Waals surface area contributed by atoms with E-state index in [1.807, 2.05) is 43.3 Å². The van der Waals surface area contributed by atoms with Crippen molar-refractivity contribution in [1.29, 1.82) is 0 Å². The Hall–Kier alpha value is -2.40. The van der Waals surface area contributed by atoms with Crippen LogP contribution in [0.5, 0.6) is 0 Å². The monoisotopic (exact) mass is 341 g/mol. The van der Waals surface area contributed by atoms with Gasteiger partial charge in [0.15, 0.2) is 0 Å². The molecule has 1 aliphatic carbocycles. The Bertz CT molecular complexity index is 867. The molecule has 0 amide bonds. The van der Waals surface area contributed by atoms with Crippen LogP contribution in [-0.4, -0.2) is 14.1 Å². The fourth-order valence-corrected chi connectivity index (χ4v) is 3.35. The van der Waals surface area contributed by atoms with E-state index in [-0.39, 0.29) is 4.90 Å². The maximum Gasteiger partial charge on any atom is 0.358 e. The van der Waals surface area contributed by atoms with Crippen LogP contribution >= 0.6 is 0 Å². The molecule has 5 heteroatoms. The number of rotatable bonds is 4. The third-order valence-corrected chi connectivity index (χ3v) is 5.05. The van der Waals surface area contributed by atoms with Crippen molar-refractivity contribution >= 4 is 21.9 Å². The summed E-state index contributed by atoms with van der Waals surface area (Å²) in [5.41, 5.74) is 3.79. The van der Waals surface area contributed by atoms with Gasteiger partial charge in [0.2, 0.25) is 0 Å². The van der Waals surface area contributed by atoms with Gasteiger partial charge >= 0.3 is 10.1 Å². The van der Waals surface area contributed by atoms with E-state index in [1.54, 1.807) is 12.1 Å². The zero-order chi connectivity index (χ0) is 17.0. The van der Waals surface area contributed by atoms with Crippen LogP contribution in [0.4, 0.5) is 0 Å². The third-order valence-electron chi connectivity index (χ3n) is 3.93. The third kappa shape index (κ3) is 3.92. The van der Waals surface area contributed by atoms with Gasteiger partial charge in [-0.3, -0.25) is 4.28 Å². The first-order valence-corrected chi connectivity index (χ1v) is 9.29. The predicted molar refractivity (Wildman–Crippen MR) is 95.2 cm³/mol. The number of aryl methyl sites for hydroxylation is 1. The minimum atomic E-state index is -3.88. The van der Waals surface area contributed by atoms with Gasteiger partial charge in [0.25, 0.3) is 0 Å². The fraction of sp³-hybridized carbons (Fsp3) is 0.211. The van der Waals surface area contributed by atoms with Crippen molar-refractivity contribution in [2.45, 2.75) is 31.1 Å². The van der Waals surface area contributed by atoms with Crippen LogP contribution in [0, 0.1) is 6.92 Å². The highest BCUT2D eigenvalue weighted by molar-refractivity contribution is 7.86. The zero-order valence-corrected chi connectivity index (χ0v) is 14.3. The van der Waals surface area contributed by atoms with E-state index in [4.69, 9.17) is 4.28 Å². The first-order valence-electron chi connectivity index (χ1n) is 7.88. The van der Waals surface area contributed by atoms with Crippen LogP contribution in [-0.2, 0) is 14.4 Å². The summed E-state index contributed by atoms with van der Waals surface area (Å²) in [6, 6.07) is 16.4. The Balaban J connectivity index is 1.80. The lowest BCUT2D eigenvalue weighted by atomic mass is 10.1. The number of nitrogens with zero attached hydrogens (tertiary/aromatic N) is 1. The predicted octanol–water partition coefficient (Wildman–Crippen LogP) is 4.32. The number of oxime groups is 1. The molecule has 4 nitrogen and oxygen atoms in total. The highest BCUT2D eigenvalue weighted by Crippen LogP contribution is 2.25. The van der Waals surface area contributed by atoms with Crippen LogP contribution in [0.15, 0.2) is 70.2 Å². The smallest absolute Gasteiger partial charge is 0.265 e. The van der Waals surface area contributed by atoms with Crippen LogP contribution in [0.2, 0.25) is 0 Å². The summed E-state index contributed by atoms with van der Waals surface area (Å²) >= 11 is 0. The van der Waals surface area contributed by atoms with Gasteiger partial charge in [-0.2, -0.15) is 8.42 Å². The summed E-state index contributed by atoms with van der Waals surface area (Å²) in [6.07, 6.45) is 4.59. The largest absolute Gasteiger partial charge is 0.358 e. The Labute approximate surface area is 142 Å². The molecule has 0 saturated heterocycles. The molecular formula is C19H19NO3S. The van der Waals surface area contributed by atoms with E-state index < -0.39 is 10.1 Å². The molecule has 0 aromatic heterocycles. The highest BCUT2D eigenvalue weighted by atomic mass is 32.2. The van der Waals surface area contributed by atoms with Crippen LogP contribution in [0.25, 0.3) is 6.08 Å². The normalized spacial score (nSPS) is 18.2. The number of hydrogen-bond acceptors (Lipinski definition) is 4. The molecule has 0 N–H and O–H groups in total. The Morgan fingerprint density at radius 1 is 1.00 bits per heavy atom. The summed E-state index contributed by atoms with van der Waals surface area (Å²) in [7, 11) is -3.88. The van der Waals surface area contributed by atoms with Crippen molar-refractivity contribution in [3.8, 4) is 0 Å². The highest BCUT2D eigenvalue weighted by Gasteiger charge is 2.20. The lowest BCUT2D eigenvalue weighted by Gasteiger charge is -2.04. The topological polar surface area (TPSA) is 55.7 Å². The van der Waals surface area contributed by atoms with Gasteiger partial charge in [-0.25, -0.2) is 0 Å². The Morgan fingerprint density at radius 3 is 2.42 bits per heavy atom. The second kappa shape index (κ2) is 7.01. The van der Waals surface area contributed by atoms with Gasteiger partial charge in [0.05, 0.1) is 5.71 Å². The molecule has 1 aliphatic rings. The van der Waals surface area contributed by atoms with E-state index >= 15 is 0 Å². The summed E-state index contributed by atoms with van der Waals surface area (Å²) < 4.78 is 29.4. The van der Waals surface area contributed by atoms with Crippen molar-refractivity contribution in [2.75, 3.05) is 0 Å². The number of hydrogen-bond donors (Lipinski definition) is 0. The van der Waals surface area contributed by atoms with Gasteiger partial charge in [-0.1, -0.05) is 53.2 Å². The standard InChI is InChI=1S/C19H19NO3S/c1-15-10-12-18(13-11-15)24(21,22)23-20-19-9-5-8-17(19)14-16-6-3-2-4-7-16/h2-4,6-7,10-14H,5,8-9H2,1H3. The Morgan fingerprint density at radius 2 is 1.71 bits per heavy atom. The lowest BCUT2D eigenvalue weighted by molar-refractivity contribution is 0.338. The fourth-order valence-electron chi connectivity index (χ4n) is 2.60. The van der Waals surface area contributed by atoms with Crippen molar-refractivity contribution in [3.05, 3.63) is 71.3 Å². The minimum absolute atomic E-state index is 0.115. The maximum absolute atomic E-state index is 12.2. The summed E-state index contributed by atoms with van der Waals surface area (Å²) in [4.78, 5) is 0.115. The van der Waals surface area contributed by atoms with Crippen LogP contribution in [0.3, 0.4) is 0 Å². The molecule has 0 heterocycles. The van der Waals surface area contributed by atoms with Crippen molar-refractivity contribution in [3.63, 3.8) is 0 Å². The molecule has 2 aromatic carbocycles. The average Bonchev–Trinajstić information content (AvgIpc) is 3.02. The SMILES string of the molecule is Cc1ccc(S(=O)(=O)ON=C2CCCC2=Cc2ccccc2)cc1. The number of allylic oxidation sites excluding steroid dienone is 1. The van der Waals surface area contributed by atoms with Crippen molar-refractivity contribution in [2.24, 2.45) is 5.16 Å². The lowest BCUT2D eigenvalue weighted by Crippen LogP contribution is -2.05. The zero-order valence-electron chi connectivity index (χ0n) is 13.5. The van der Waals surface area contributed by atoms with Gasteiger partial charge < -0.3 is 0 Å². The molecule has 124 valence electrons. The first kappa shape index (κ1) is 16.5. The van der Waals surface area contributed by atoms with Gasteiger partial charge in [0.1, 0.15) is 4.90 Å². The Kier molecular flexibility index (Phi) is 4.81. The van der Waals surface area contributed by atoms with Crippen LogP contribution in [0.1, 0.15) is 30.4 Å². The molecule has 3 rings (SSSR count). The first-order chi connectivity index (χ1) is 11.5. The van der Waals surface area contributed by atoms with Crippen molar-refractivity contribution < 1.29 is 12.7 Å². The van der Waals surface area contributed by atoms with E-state index in [0.717, 1.165) is 36.0 Å².